The van der Waals surface area contributed by atoms with Gasteiger partial charge in [0.1, 0.15) is 0 Å². The van der Waals surface area contributed by atoms with Crippen molar-refractivity contribution in [3.05, 3.63) is 59.4 Å². The fourth-order valence-corrected chi connectivity index (χ4v) is 2.36. The number of pyridine rings is 1. The number of benzene rings is 1. The number of rotatable bonds is 6. The predicted molar refractivity (Wildman–Crippen MR) is 101 cm³/mol. The van der Waals surface area contributed by atoms with Crippen molar-refractivity contribution in [2.75, 3.05) is 18.4 Å². The first-order chi connectivity index (χ1) is 11.6. The van der Waals surface area contributed by atoms with E-state index in [2.05, 4.69) is 10.3 Å². The number of carbonyl (C=O) groups excluding carboxylic acids is 2. The van der Waals surface area contributed by atoms with Gasteiger partial charge in [-0.2, -0.15) is 0 Å². The van der Waals surface area contributed by atoms with Crippen LogP contribution in [-0.4, -0.2) is 34.8 Å². The van der Waals surface area contributed by atoms with Crippen LogP contribution in [0.25, 0.3) is 0 Å². The zero-order valence-corrected chi connectivity index (χ0v) is 15.2. The summed E-state index contributed by atoms with van der Waals surface area (Å²) in [5, 5.41) is 2.80. The summed E-state index contributed by atoms with van der Waals surface area (Å²) in [7, 11) is 0. The molecule has 0 bridgehead atoms. The van der Waals surface area contributed by atoms with E-state index in [9.17, 15) is 9.59 Å². The Morgan fingerprint density at radius 2 is 1.84 bits per heavy atom. The van der Waals surface area contributed by atoms with Crippen molar-refractivity contribution in [2.24, 2.45) is 5.73 Å². The van der Waals surface area contributed by atoms with Gasteiger partial charge < -0.3 is 16.0 Å². The highest BCUT2D eigenvalue weighted by Gasteiger charge is 2.13. The molecule has 2 amide bonds. The number of carbonyl (C=O) groups is 2. The molecular formula is C18H23ClN4O2. The van der Waals surface area contributed by atoms with Crippen LogP contribution in [0.5, 0.6) is 0 Å². The molecule has 0 aliphatic heterocycles. The molecule has 1 aromatic carbocycles. The highest BCUT2D eigenvalue weighted by atomic mass is 35.5. The molecule has 3 N–H and O–H groups in total. The van der Waals surface area contributed by atoms with E-state index in [0.717, 1.165) is 0 Å². The number of halogens is 1. The minimum absolute atomic E-state index is 0. The van der Waals surface area contributed by atoms with Crippen LogP contribution in [-0.2, 0) is 6.54 Å². The SMILES string of the molecule is CCN(CC)C(=O)c1cccc(NC(=O)c2ccnc(CN)c2)c1.Cl. The first kappa shape index (κ1) is 20.6. The van der Waals surface area contributed by atoms with Crippen LogP contribution in [0.3, 0.4) is 0 Å². The van der Waals surface area contributed by atoms with Crippen molar-refractivity contribution < 1.29 is 9.59 Å². The largest absolute Gasteiger partial charge is 0.339 e. The fourth-order valence-electron chi connectivity index (χ4n) is 2.36. The van der Waals surface area contributed by atoms with Gasteiger partial charge >= 0.3 is 0 Å². The van der Waals surface area contributed by atoms with E-state index in [-0.39, 0.29) is 30.8 Å². The molecule has 0 aliphatic rings. The number of hydrogen-bond donors (Lipinski definition) is 2. The minimum Gasteiger partial charge on any atom is -0.339 e. The second kappa shape index (κ2) is 9.76. The van der Waals surface area contributed by atoms with Gasteiger partial charge in [0, 0.05) is 42.6 Å². The van der Waals surface area contributed by atoms with Crippen LogP contribution in [0.2, 0.25) is 0 Å². The fraction of sp³-hybridized carbons (Fsp3) is 0.278. The summed E-state index contributed by atoms with van der Waals surface area (Å²) in [6.07, 6.45) is 1.55. The monoisotopic (exact) mass is 362 g/mol. The van der Waals surface area contributed by atoms with Gasteiger partial charge in [0.15, 0.2) is 0 Å². The number of nitrogens with zero attached hydrogens (tertiary/aromatic N) is 2. The lowest BCUT2D eigenvalue weighted by atomic mass is 10.1. The van der Waals surface area contributed by atoms with Crippen LogP contribution in [0.15, 0.2) is 42.6 Å². The van der Waals surface area contributed by atoms with Crippen molar-refractivity contribution >= 4 is 29.9 Å². The lowest BCUT2D eigenvalue weighted by Crippen LogP contribution is -2.30. The molecule has 7 heteroatoms. The number of nitrogens with one attached hydrogen (secondary N) is 1. The molecule has 0 radical (unpaired) electrons. The Hall–Kier alpha value is -2.44. The average molecular weight is 363 g/mol. The molecule has 1 aromatic heterocycles. The lowest BCUT2D eigenvalue weighted by Gasteiger charge is -2.19. The summed E-state index contributed by atoms with van der Waals surface area (Å²) in [5.41, 5.74) is 7.79. The standard InChI is InChI=1S/C18H22N4O2.ClH/c1-3-22(4-2)18(24)14-6-5-7-15(11-14)21-17(23)13-8-9-20-16(10-13)12-19;/h5-11H,3-4,12,19H2,1-2H3,(H,21,23);1H. The third-order valence-corrected chi connectivity index (χ3v) is 3.71. The van der Waals surface area contributed by atoms with Crippen LogP contribution >= 0.6 is 12.4 Å². The van der Waals surface area contributed by atoms with Crippen molar-refractivity contribution in [2.45, 2.75) is 20.4 Å². The highest BCUT2D eigenvalue weighted by Crippen LogP contribution is 2.14. The molecule has 134 valence electrons. The zero-order valence-electron chi connectivity index (χ0n) is 14.4. The van der Waals surface area contributed by atoms with Crippen LogP contribution in [0.4, 0.5) is 5.69 Å². The van der Waals surface area contributed by atoms with Crippen LogP contribution in [0.1, 0.15) is 40.3 Å². The van der Waals surface area contributed by atoms with Gasteiger partial charge in [-0.25, -0.2) is 0 Å². The topological polar surface area (TPSA) is 88.3 Å². The Kier molecular flexibility index (Phi) is 8.04. The molecule has 2 aromatic rings. The van der Waals surface area contributed by atoms with E-state index in [1.165, 1.54) is 0 Å². The molecule has 0 atom stereocenters. The summed E-state index contributed by atoms with van der Waals surface area (Å²) in [5.74, 6) is -0.315. The number of amides is 2. The normalized spacial score (nSPS) is 9.88. The summed E-state index contributed by atoms with van der Waals surface area (Å²) in [4.78, 5) is 30.5. The molecule has 25 heavy (non-hydrogen) atoms. The third-order valence-electron chi connectivity index (χ3n) is 3.71. The van der Waals surface area contributed by atoms with E-state index in [1.807, 2.05) is 13.8 Å². The first-order valence-corrected chi connectivity index (χ1v) is 7.94. The van der Waals surface area contributed by atoms with Gasteiger partial charge in [-0.3, -0.25) is 14.6 Å². The average Bonchev–Trinajstić information content (AvgIpc) is 2.63. The highest BCUT2D eigenvalue weighted by molar-refractivity contribution is 6.05. The molecule has 0 spiro atoms. The van der Waals surface area contributed by atoms with Crippen molar-refractivity contribution in [3.63, 3.8) is 0 Å². The zero-order chi connectivity index (χ0) is 17.5. The Balaban J connectivity index is 0.00000312. The predicted octanol–water partition coefficient (Wildman–Crippen LogP) is 2.70. The quantitative estimate of drug-likeness (QED) is 0.826. The number of nitrogens with two attached hydrogens (primary N) is 1. The van der Waals surface area contributed by atoms with Gasteiger partial charge in [-0.15, -0.1) is 12.4 Å². The summed E-state index contributed by atoms with van der Waals surface area (Å²) < 4.78 is 0. The number of hydrogen-bond acceptors (Lipinski definition) is 4. The molecule has 1 heterocycles. The van der Waals surface area contributed by atoms with E-state index in [4.69, 9.17) is 5.73 Å². The van der Waals surface area contributed by atoms with Gasteiger partial charge in [0.2, 0.25) is 0 Å². The molecular weight excluding hydrogens is 340 g/mol. The Labute approximate surface area is 153 Å². The van der Waals surface area contributed by atoms with E-state index in [0.29, 0.717) is 35.6 Å². The Bertz CT molecular complexity index is 733. The van der Waals surface area contributed by atoms with Gasteiger partial charge in [-0.05, 0) is 44.2 Å². The minimum atomic E-state index is -0.264. The summed E-state index contributed by atoms with van der Waals surface area (Å²) in [6, 6.07) is 10.2. The second-order valence-corrected chi connectivity index (χ2v) is 5.25. The van der Waals surface area contributed by atoms with Crippen molar-refractivity contribution in [3.8, 4) is 0 Å². The smallest absolute Gasteiger partial charge is 0.255 e. The van der Waals surface area contributed by atoms with E-state index in [1.54, 1.807) is 47.5 Å². The van der Waals surface area contributed by atoms with Gasteiger partial charge in [-0.1, -0.05) is 6.07 Å². The number of aromatic nitrogens is 1. The Morgan fingerprint density at radius 1 is 1.12 bits per heavy atom. The van der Waals surface area contributed by atoms with Crippen molar-refractivity contribution in [1.82, 2.24) is 9.88 Å². The molecule has 0 saturated carbocycles. The third kappa shape index (κ3) is 5.27. The maximum atomic E-state index is 12.4. The molecule has 2 rings (SSSR count). The van der Waals surface area contributed by atoms with Crippen LogP contribution < -0.4 is 11.1 Å². The van der Waals surface area contributed by atoms with Gasteiger partial charge in [0.25, 0.3) is 11.8 Å². The summed E-state index contributed by atoms with van der Waals surface area (Å²) in [6.45, 7) is 5.43. The molecule has 0 fully saturated rings. The van der Waals surface area contributed by atoms with E-state index < -0.39 is 0 Å². The van der Waals surface area contributed by atoms with Crippen LogP contribution in [0, 0.1) is 0 Å². The second-order valence-electron chi connectivity index (χ2n) is 5.25. The summed E-state index contributed by atoms with van der Waals surface area (Å²) >= 11 is 0. The van der Waals surface area contributed by atoms with E-state index >= 15 is 0 Å². The van der Waals surface area contributed by atoms with Gasteiger partial charge in [0.05, 0.1) is 5.69 Å². The molecule has 0 saturated heterocycles. The molecule has 0 aliphatic carbocycles. The van der Waals surface area contributed by atoms with Crippen molar-refractivity contribution in [1.29, 1.82) is 0 Å². The maximum absolute atomic E-state index is 12.4. The first-order valence-electron chi connectivity index (χ1n) is 7.94. The molecule has 0 unspecified atom stereocenters. The lowest BCUT2D eigenvalue weighted by molar-refractivity contribution is 0.0772. The molecule has 6 nitrogen and oxygen atoms in total. The number of anilines is 1. The maximum Gasteiger partial charge on any atom is 0.255 e. The Morgan fingerprint density at radius 3 is 2.48 bits per heavy atom.